The van der Waals surface area contributed by atoms with Crippen LogP contribution in [-0.4, -0.2) is 43.0 Å². The van der Waals surface area contributed by atoms with Crippen molar-refractivity contribution in [3.05, 3.63) is 0 Å². The molecule has 0 aromatic heterocycles. The highest BCUT2D eigenvalue weighted by Gasteiger charge is 2.15. The molecule has 3 N–H and O–H groups in total. The van der Waals surface area contributed by atoms with Crippen LogP contribution in [-0.2, 0) is 4.79 Å². The molecule has 0 aliphatic carbocycles. The van der Waals surface area contributed by atoms with Crippen LogP contribution < -0.4 is 11.1 Å². The number of nitrogens with zero attached hydrogens (tertiary/aromatic N) is 1. The number of carbonyl (C=O) groups excluding carboxylic acids is 1. The second kappa shape index (κ2) is 6.08. The summed E-state index contributed by atoms with van der Waals surface area (Å²) in [6.45, 7) is 8.47. The van der Waals surface area contributed by atoms with E-state index in [1.54, 1.807) is 0 Å². The molecule has 0 aromatic carbocycles. The summed E-state index contributed by atoms with van der Waals surface area (Å²) in [5.74, 6) is 0.299. The average Bonchev–Trinajstić information content (AvgIpc) is 2.66. The Morgan fingerprint density at radius 2 is 2.00 bits per heavy atom. The summed E-state index contributed by atoms with van der Waals surface area (Å²) in [6, 6.07) is -0.217. The number of amides is 1. The van der Waals surface area contributed by atoms with E-state index in [4.69, 9.17) is 5.73 Å². The van der Waals surface area contributed by atoms with Crippen LogP contribution in [0.3, 0.4) is 0 Å². The minimum atomic E-state index is -0.275. The lowest BCUT2D eigenvalue weighted by molar-refractivity contribution is -0.119. The van der Waals surface area contributed by atoms with Gasteiger partial charge in [0.2, 0.25) is 5.91 Å². The van der Waals surface area contributed by atoms with Crippen molar-refractivity contribution < 1.29 is 4.79 Å². The van der Waals surface area contributed by atoms with Gasteiger partial charge in [0, 0.05) is 6.54 Å². The highest BCUT2D eigenvalue weighted by molar-refractivity contribution is 5.79. The molecule has 1 heterocycles. The number of rotatable bonds is 6. The second-order valence-corrected chi connectivity index (χ2v) is 4.65. The van der Waals surface area contributed by atoms with Crippen molar-refractivity contribution in [2.75, 3.05) is 26.2 Å². The van der Waals surface area contributed by atoms with Crippen LogP contribution in [0.1, 0.15) is 26.7 Å². The Kier molecular flexibility index (Phi) is 5.05. The molecule has 1 fully saturated rings. The topological polar surface area (TPSA) is 58.4 Å². The third-order valence-electron chi connectivity index (χ3n) is 2.97. The molecular formula is C11H23N3O. The number of hydrogen-bond donors (Lipinski definition) is 2. The molecule has 0 saturated carbocycles. The number of nitrogens with two attached hydrogens (primary N) is 1. The van der Waals surface area contributed by atoms with Gasteiger partial charge in [-0.3, -0.25) is 4.79 Å². The molecule has 0 spiro atoms. The fraction of sp³-hybridized carbons (Fsp3) is 0.909. The van der Waals surface area contributed by atoms with Gasteiger partial charge in [-0.2, -0.15) is 0 Å². The van der Waals surface area contributed by atoms with E-state index in [-0.39, 0.29) is 11.9 Å². The van der Waals surface area contributed by atoms with Crippen LogP contribution in [0.2, 0.25) is 0 Å². The highest BCUT2D eigenvalue weighted by Crippen LogP contribution is 2.09. The quantitative estimate of drug-likeness (QED) is 0.662. The molecule has 0 radical (unpaired) electrons. The van der Waals surface area contributed by atoms with Crippen LogP contribution in [0.4, 0.5) is 0 Å². The Balaban J connectivity index is 2.12. The van der Waals surface area contributed by atoms with Gasteiger partial charge in [-0.15, -0.1) is 0 Å². The fourth-order valence-electron chi connectivity index (χ4n) is 1.95. The van der Waals surface area contributed by atoms with Gasteiger partial charge in [-0.05, 0) is 45.3 Å². The predicted octanol–water partition coefficient (Wildman–Crippen LogP) is 0.182. The van der Waals surface area contributed by atoms with E-state index in [1.807, 2.05) is 6.92 Å². The Morgan fingerprint density at radius 1 is 1.40 bits per heavy atom. The molecule has 4 nitrogen and oxygen atoms in total. The van der Waals surface area contributed by atoms with Crippen molar-refractivity contribution in [1.29, 1.82) is 0 Å². The lowest BCUT2D eigenvalue weighted by atomic mass is 10.1. The van der Waals surface area contributed by atoms with Gasteiger partial charge in [0.1, 0.15) is 0 Å². The molecule has 0 bridgehead atoms. The first-order chi connectivity index (χ1) is 7.09. The summed E-state index contributed by atoms with van der Waals surface area (Å²) in [5.41, 5.74) is 5.17. The number of likely N-dealkylation sites (tertiary alicyclic amines) is 1. The van der Waals surface area contributed by atoms with E-state index in [1.165, 1.54) is 25.9 Å². The average molecular weight is 213 g/mol. The zero-order valence-electron chi connectivity index (χ0n) is 9.83. The molecule has 4 heteroatoms. The Hall–Kier alpha value is -0.610. The molecule has 1 amide bonds. The highest BCUT2D eigenvalue weighted by atomic mass is 16.1. The van der Waals surface area contributed by atoms with E-state index >= 15 is 0 Å². The van der Waals surface area contributed by atoms with Crippen molar-refractivity contribution in [1.82, 2.24) is 10.2 Å². The van der Waals surface area contributed by atoms with Gasteiger partial charge in [-0.25, -0.2) is 0 Å². The summed E-state index contributed by atoms with van der Waals surface area (Å²) < 4.78 is 0. The molecule has 0 aromatic rings. The third kappa shape index (κ3) is 4.62. The van der Waals surface area contributed by atoms with Gasteiger partial charge >= 0.3 is 0 Å². The Morgan fingerprint density at radius 3 is 2.53 bits per heavy atom. The third-order valence-corrected chi connectivity index (χ3v) is 2.97. The molecule has 88 valence electrons. The number of nitrogens with one attached hydrogen (secondary N) is 1. The molecule has 1 saturated heterocycles. The van der Waals surface area contributed by atoms with Gasteiger partial charge < -0.3 is 16.0 Å². The monoisotopic (exact) mass is 213 g/mol. The van der Waals surface area contributed by atoms with E-state index in [0.29, 0.717) is 5.92 Å². The summed E-state index contributed by atoms with van der Waals surface area (Å²) >= 11 is 0. The van der Waals surface area contributed by atoms with E-state index in [9.17, 15) is 4.79 Å². The predicted molar refractivity (Wildman–Crippen MR) is 61.5 cm³/mol. The lowest BCUT2D eigenvalue weighted by Gasteiger charge is -2.21. The SMILES string of the molecule is CC(CNC(C)C(N)=O)CN1CCCC1. The molecule has 15 heavy (non-hydrogen) atoms. The zero-order chi connectivity index (χ0) is 11.3. The largest absolute Gasteiger partial charge is 0.368 e. The molecule has 1 aliphatic rings. The van der Waals surface area contributed by atoms with E-state index in [0.717, 1.165) is 13.1 Å². The normalized spacial score (nSPS) is 21.5. The number of primary amides is 1. The lowest BCUT2D eigenvalue weighted by Crippen LogP contribution is -2.42. The Labute approximate surface area is 92.2 Å². The van der Waals surface area contributed by atoms with Crippen LogP contribution >= 0.6 is 0 Å². The fourth-order valence-corrected chi connectivity index (χ4v) is 1.95. The van der Waals surface area contributed by atoms with Gasteiger partial charge in [-0.1, -0.05) is 6.92 Å². The number of carbonyl (C=O) groups is 1. The summed E-state index contributed by atoms with van der Waals surface area (Å²) in [7, 11) is 0. The number of hydrogen-bond acceptors (Lipinski definition) is 3. The van der Waals surface area contributed by atoms with E-state index in [2.05, 4.69) is 17.1 Å². The summed E-state index contributed by atoms with van der Waals surface area (Å²) in [5, 5.41) is 3.15. The molecule has 2 atom stereocenters. The van der Waals surface area contributed by atoms with Crippen LogP contribution in [0.5, 0.6) is 0 Å². The van der Waals surface area contributed by atoms with Crippen molar-refractivity contribution in [2.24, 2.45) is 11.7 Å². The minimum Gasteiger partial charge on any atom is -0.368 e. The molecule has 1 aliphatic heterocycles. The van der Waals surface area contributed by atoms with Gasteiger partial charge in [0.05, 0.1) is 6.04 Å². The first kappa shape index (κ1) is 12.5. The van der Waals surface area contributed by atoms with Crippen molar-refractivity contribution in [2.45, 2.75) is 32.7 Å². The Bertz CT molecular complexity index is 202. The van der Waals surface area contributed by atoms with Crippen molar-refractivity contribution in [3.63, 3.8) is 0 Å². The maximum atomic E-state index is 10.8. The first-order valence-corrected chi connectivity index (χ1v) is 5.84. The zero-order valence-corrected chi connectivity index (χ0v) is 9.83. The molecular weight excluding hydrogens is 190 g/mol. The van der Waals surface area contributed by atoms with Crippen molar-refractivity contribution >= 4 is 5.91 Å². The smallest absolute Gasteiger partial charge is 0.234 e. The maximum absolute atomic E-state index is 10.8. The van der Waals surface area contributed by atoms with E-state index < -0.39 is 0 Å². The summed E-state index contributed by atoms with van der Waals surface area (Å²) in [4.78, 5) is 13.3. The second-order valence-electron chi connectivity index (χ2n) is 4.65. The van der Waals surface area contributed by atoms with Crippen LogP contribution in [0, 0.1) is 5.92 Å². The van der Waals surface area contributed by atoms with Gasteiger partial charge in [0.15, 0.2) is 0 Å². The minimum absolute atomic E-state index is 0.217. The standard InChI is InChI=1S/C11H23N3O/c1-9(7-13-10(2)11(12)15)8-14-5-3-4-6-14/h9-10,13H,3-8H2,1-2H3,(H2,12,15). The first-order valence-electron chi connectivity index (χ1n) is 5.84. The van der Waals surface area contributed by atoms with Crippen LogP contribution in [0.25, 0.3) is 0 Å². The van der Waals surface area contributed by atoms with Gasteiger partial charge in [0.25, 0.3) is 0 Å². The van der Waals surface area contributed by atoms with Crippen molar-refractivity contribution in [3.8, 4) is 0 Å². The molecule has 1 rings (SSSR count). The van der Waals surface area contributed by atoms with Crippen LogP contribution in [0.15, 0.2) is 0 Å². The maximum Gasteiger partial charge on any atom is 0.234 e. The molecule has 2 unspecified atom stereocenters. The summed E-state index contributed by atoms with van der Waals surface area (Å²) in [6.07, 6.45) is 2.66.